The van der Waals surface area contributed by atoms with Crippen molar-refractivity contribution < 1.29 is 17.9 Å². The van der Waals surface area contributed by atoms with Crippen LogP contribution in [-0.4, -0.2) is 54.9 Å². The highest BCUT2D eigenvalue weighted by atomic mass is 32.2. The number of thiazole rings is 1. The van der Waals surface area contributed by atoms with Gasteiger partial charge in [-0.1, -0.05) is 23.5 Å². The Kier molecular flexibility index (Phi) is 6.85. The molecule has 0 radical (unpaired) electrons. The van der Waals surface area contributed by atoms with Crippen molar-refractivity contribution in [2.24, 2.45) is 0 Å². The normalized spacial score (nSPS) is 14.7. The van der Waals surface area contributed by atoms with Gasteiger partial charge in [-0.25, -0.2) is 13.4 Å². The minimum Gasteiger partial charge on any atom is -0.379 e. The Balaban J connectivity index is 1.49. The smallest absolute Gasteiger partial charge is 0.260 e. The maximum Gasteiger partial charge on any atom is 0.260 e. The molecule has 1 fully saturated rings. The van der Waals surface area contributed by atoms with E-state index in [0.29, 0.717) is 43.5 Å². The molecule has 0 saturated carbocycles. The second-order valence-corrected chi connectivity index (χ2v) is 11.7. The van der Waals surface area contributed by atoms with Gasteiger partial charge in [0.15, 0.2) is 5.13 Å². The molecule has 1 amide bonds. The monoisotopic (exact) mass is 522 g/mol. The Morgan fingerprint density at radius 1 is 1.11 bits per heavy atom. The van der Waals surface area contributed by atoms with Crippen molar-refractivity contribution >= 4 is 42.6 Å². The maximum atomic E-state index is 13.7. The minimum absolute atomic E-state index is 0.158. The Labute approximate surface area is 214 Å². The molecule has 186 valence electrons. The van der Waals surface area contributed by atoms with Gasteiger partial charge in [0.1, 0.15) is 0 Å². The Morgan fingerprint density at radius 3 is 2.56 bits per heavy atom. The number of rotatable bonds is 6. The first kappa shape index (κ1) is 24.5. The van der Waals surface area contributed by atoms with Crippen LogP contribution in [-0.2, 0) is 21.3 Å². The summed E-state index contributed by atoms with van der Waals surface area (Å²) in [5.41, 5.74) is 4.31. The van der Waals surface area contributed by atoms with Crippen molar-refractivity contribution in [1.29, 1.82) is 0 Å². The van der Waals surface area contributed by atoms with E-state index in [0.717, 1.165) is 26.9 Å². The summed E-state index contributed by atoms with van der Waals surface area (Å²) >= 11 is 1.46. The quantitative estimate of drug-likeness (QED) is 0.377. The summed E-state index contributed by atoms with van der Waals surface area (Å²) in [6.07, 6.45) is 3.41. The number of fused-ring (bicyclic) bond motifs is 1. The summed E-state index contributed by atoms with van der Waals surface area (Å²) < 4.78 is 33.7. The number of hydrogen-bond acceptors (Lipinski definition) is 7. The van der Waals surface area contributed by atoms with Crippen LogP contribution in [0.4, 0.5) is 5.13 Å². The first-order chi connectivity index (χ1) is 17.3. The highest BCUT2D eigenvalue weighted by Crippen LogP contribution is 2.33. The Hall–Kier alpha value is -3.18. The summed E-state index contributed by atoms with van der Waals surface area (Å²) in [7, 11) is -3.64. The number of anilines is 1. The largest absolute Gasteiger partial charge is 0.379 e. The lowest BCUT2D eigenvalue weighted by Crippen LogP contribution is -2.40. The standard InChI is InChI=1S/C26H26N4O4S2/c1-18-14-19(2)24-23(15-18)35-26(28-24)30(17-20-4-3-9-27-16-20)25(31)21-5-7-22(8-6-21)36(32,33)29-10-12-34-13-11-29/h3-9,14-16H,10-13,17H2,1-2H3. The third-order valence-corrected chi connectivity index (χ3v) is 9.01. The first-order valence-corrected chi connectivity index (χ1v) is 13.8. The van der Waals surface area contributed by atoms with Crippen LogP contribution in [0.2, 0.25) is 0 Å². The van der Waals surface area contributed by atoms with Gasteiger partial charge in [-0.2, -0.15) is 4.31 Å². The molecule has 5 rings (SSSR count). The molecule has 4 aromatic rings. The van der Waals surface area contributed by atoms with Gasteiger partial charge < -0.3 is 4.74 Å². The molecule has 1 saturated heterocycles. The lowest BCUT2D eigenvalue weighted by atomic mass is 10.1. The van der Waals surface area contributed by atoms with Gasteiger partial charge in [0.05, 0.1) is 34.9 Å². The summed E-state index contributed by atoms with van der Waals surface area (Å²) in [6.45, 7) is 5.73. The Morgan fingerprint density at radius 2 is 1.86 bits per heavy atom. The molecule has 8 nitrogen and oxygen atoms in total. The maximum absolute atomic E-state index is 13.7. The van der Waals surface area contributed by atoms with Gasteiger partial charge in [-0.15, -0.1) is 0 Å². The van der Waals surface area contributed by atoms with Crippen LogP contribution in [0.3, 0.4) is 0 Å². The van der Waals surface area contributed by atoms with Crippen LogP contribution in [0.1, 0.15) is 27.0 Å². The van der Waals surface area contributed by atoms with E-state index in [-0.39, 0.29) is 10.8 Å². The number of amides is 1. The van der Waals surface area contributed by atoms with Crippen LogP contribution in [0.25, 0.3) is 10.2 Å². The van der Waals surface area contributed by atoms with Crippen LogP contribution in [0, 0.1) is 13.8 Å². The second kappa shape index (κ2) is 10.1. The predicted molar refractivity (Wildman–Crippen MR) is 140 cm³/mol. The van der Waals surface area contributed by atoms with E-state index in [1.54, 1.807) is 29.4 Å². The van der Waals surface area contributed by atoms with Gasteiger partial charge in [0.25, 0.3) is 5.91 Å². The molecule has 0 spiro atoms. The number of pyridine rings is 1. The highest BCUT2D eigenvalue weighted by Gasteiger charge is 2.27. The summed E-state index contributed by atoms with van der Waals surface area (Å²) in [5.74, 6) is -0.261. The molecule has 1 aliphatic heterocycles. The molecule has 0 bridgehead atoms. The first-order valence-electron chi connectivity index (χ1n) is 11.6. The summed E-state index contributed by atoms with van der Waals surface area (Å²) in [5, 5.41) is 0.581. The van der Waals surface area contributed by atoms with Crippen LogP contribution >= 0.6 is 11.3 Å². The molecule has 0 aliphatic carbocycles. The number of benzene rings is 2. The number of hydrogen-bond donors (Lipinski definition) is 0. The van der Waals surface area contributed by atoms with Gasteiger partial charge in [0.2, 0.25) is 10.0 Å². The molecule has 2 aromatic heterocycles. The molecule has 0 N–H and O–H groups in total. The highest BCUT2D eigenvalue weighted by molar-refractivity contribution is 7.89. The topological polar surface area (TPSA) is 92.7 Å². The van der Waals surface area contributed by atoms with E-state index in [9.17, 15) is 13.2 Å². The zero-order valence-electron chi connectivity index (χ0n) is 20.0. The van der Waals surface area contributed by atoms with E-state index in [4.69, 9.17) is 9.72 Å². The number of carbonyl (C=O) groups excluding carboxylic acids is 1. The van der Waals surface area contributed by atoms with Gasteiger partial charge >= 0.3 is 0 Å². The number of sulfonamides is 1. The van der Waals surface area contributed by atoms with E-state index in [1.807, 2.05) is 26.0 Å². The number of aryl methyl sites for hydroxylation is 2. The van der Waals surface area contributed by atoms with Gasteiger partial charge in [-0.3, -0.25) is 14.7 Å². The van der Waals surface area contributed by atoms with Crippen LogP contribution < -0.4 is 4.90 Å². The SMILES string of the molecule is Cc1cc(C)c2nc(N(Cc3cccnc3)C(=O)c3ccc(S(=O)(=O)N4CCOCC4)cc3)sc2c1. The van der Waals surface area contributed by atoms with E-state index >= 15 is 0 Å². The average Bonchev–Trinajstić information content (AvgIpc) is 3.32. The van der Waals surface area contributed by atoms with Crippen LogP contribution in [0.5, 0.6) is 0 Å². The summed E-state index contributed by atoms with van der Waals surface area (Å²) in [4.78, 5) is 24.5. The number of carbonyl (C=O) groups is 1. The van der Waals surface area contributed by atoms with Crippen molar-refractivity contribution in [3.8, 4) is 0 Å². The van der Waals surface area contributed by atoms with Crippen molar-refractivity contribution in [3.63, 3.8) is 0 Å². The van der Waals surface area contributed by atoms with Crippen molar-refractivity contribution in [3.05, 3.63) is 83.2 Å². The molecular weight excluding hydrogens is 496 g/mol. The third-order valence-electron chi connectivity index (χ3n) is 6.07. The number of ether oxygens (including phenoxy) is 1. The average molecular weight is 523 g/mol. The number of aromatic nitrogens is 2. The lowest BCUT2D eigenvalue weighted by molar-refractivity contribution is 0.0730. The lowest BCUT2D eigenvalue weighted by Gasteiger charge is -2.26. The predicted octanol–water partition coefficient (Wildman–Crippen LogP) is 4.18. The zero-order chi connectivity index (χ0) is 25.3. The molecule has 0 atom stereocenters. The van der Waals surface area contributed by atoms with Gasteiger partial charge in [-0.05, 0) is 66.9 Å². The van der Waals surface area contributed by atoms with Gasteiger partial charge in [0, 0.05) is 31.0 Å². The third kappa shape index (κ3) is 4.90. The van der Waals surface area contributed by atoms with Crippen molar-refractivity contribution in [2.45, 2.75) is 25.3 Å². The molecule has 36 heavy (non-hydrogen) atoms. The second-order valence-electron chi connectivity index (χ2n) is 8.72. The fourth-order valence-electron chi connectivity index (χ4n) is 4.24. The van der Waals surface area contributed by atoms with E-state index < -0.39 is 10.0 Å². The number of morpholine rings is 1. The van der Waals surface area contributed by atoms with Crippen molar-refractivity contribution in [1.82, 2.24) is 14.3 Å². The molecule has 0 unspecified atom stereocenters. The minimum atomic E-state index is -3.64. The molecular formula is C26H26N4O4S2. The molecule has 2 aromatic carbocycles. The molecule has 10 heteroatoms. The number of nitrogens with zero attached hydrogens (tertiary/aromatic N) is 4. The fourth-order valence-corrected chi connectivity index (χ4v) is 6.78. The van der Waals surface area contributed by atoms with Crippen molar-refractivity contribution in [2.75, 3.05) is 31.2 Å². The van der Waals surface area contributed by atoms with E-state index in [2.05, 4.69) is 17.1 Å². The van der Waals surface area contributed by atoms with E-state index in [1.165, 1.54) is 27.8 Å². The zero-order valence-corrected chi connectivity index (χ0v) is 21.7. The summed E-state index contributed by atoms with van der Waals surface area (Å²) in [6, 6.07) is 14.0. The van der Waals surface area contributed by atoms with Crippen LogP contribution in [0.15, 0.2) is 65.8 Å². The Bertz CT molecular complexity index is 1500. The fraction of sp³-hybridized carbons (Fsp3) is 0.269. The molecule has 1 aliphatic rings. The molecule has 3 heterocycles.